The van der Waals surface area contributed by atoms with Crippen molar-refractivity contribution in [3.05, 3.63) is 96.1 Å². The van der Waals surface area contributed by atoms with Crippen LogP contribution in [0.2, 0.25) is 0 Å². The predicted molar refractivity (Wildman–Crippen MR) is 118 cm³/mol. The van der Waals surface area contributed by atoms with Crippen LogP contribution in [0.25, 0.3) is 10.6 Å². The van der Waals surface area contributed by atoms with E-state index in [0.29, 0.717) is 5.82 Å². The third-order valence-electron chi connectivity index (χ3n) is 4.91. The van der Waals surface area contributed by atoms with Crippen molar-refractivity contribution in [1.82, 2.24) is 25.1 Å². The Labute approximate surface area is 176 Å². The highest BCUT2D eigenvalue weighted by Crippen LogP contribution is 2.77. The Morgan fingerprint density at radius 2 is 1.93 bits per heavy atom. The monoisotopic (exact) mass is 432 g/mol. The van der Waals surface area contributed by atoms with E-state index in [1.165, 1.54) is 4.21 Å². The predicted octanol–water partition coefficient (Wildman–Crippen LogP) is 5.32. The average Bonchev–Trinajstić information content (AvgIpc) is 3.62. The minimum Gasteiger partial charge on any atom is -0.459 e. The molecule has 30 heavy (non-hydrogen) atoms. The van der Waals surface area contributed by atoms with Crippen LogP contribution in [-0.4, -0.2) is 30.2 Å². The summed E-state index contributed by atoms with van der Waals surface area (Å²) in [5.74, 6) is 0.717. The number of H-pyrrole nitrogens is 3. The Morgan fingerprint density at radius 3 is 2.60 bits per heavy atom. The molecule has 5 aromatic heterocycles. The molecule has 5 aromatic rings. The molecule has 148 valence electrons. The molecule has 0 aromatic carbocycles. The highest BCUT2D eigenvalue weighted by Gasteiger charge is 2.49. The molecule has 0 saturated heterocycles. The van der Waals surface area contributed by atoms with Crippen molar-refractivity contribution in [3.63, 3.8) is 0 Å². The third kappa shape index (κ3) is 2.36. The van der Waals surface area contributed by atoms with Crippen molar-refractivity contribution in [1.29, 1.82) is 0 Å². The fraction of sp³-hybridized carbons (Fsp3) is 0. The van der Waals surface area contributed by atoms with Crippen molar-refractivity contribution in [2.75, 3.05) is 0 Å². The molecule has 1 unspecified atom stereocenters. The summed E-state index contributed by atoms with van der Waals surface area (Å²) in [6.07, 6.45) is 8.95. The molecular weight excluding hydrogens is 416 g/mol. The molecular formula is C21H16N6OS2. The molecule has 0 aliphatic carbocycles. The fourth-order valence-electron chi connectivity index (χ4n) is 3.75. The van der Waals surface area contributed by atoms with Crippen LogP contribution in [0.1, 0.15) is 17.2 Å². The van der Waals surface area contributed by atoms with Gasteiger partial charge in [-0.15, -0.1) is 11.3 Å². The third-order valence-corrected chi connectivity index (χ3v) is 10.1. The van der Waals surface area contributed by atoms with Gasteiger partial charge >= 0.3 is 0 Å². The second-order valence-electron chi connectivity index (χ2n) is 6.56. The van der Waals surface area contributed by atoms with Gasteiger partial charge in [-0.05, 0) is 41.8 Å². The van der Waals surface area contributed by atoms with Crippen LogP contribution in [-0.2, 0) is 0 Å². The van der Waals surface area contributed by atoms with Crippen LogP contribution in [0.4, 0.5) is 0 Å². The van der Waals surface area contributed by atoms with Crippen molar-refractivity contribution in [3.8, 4) is 0 Å². The van der Waals surface area contributed by atoms with Crippen LogP contribution < -0.4 is 0 Å². The van der Waals surface area contributed by atoms with Gasteiger partial charge < -0.3 is 14.4 Å². The summed E-state index contributed by atoms with van der Waals surface area (Å²) in [5.41, 5.74) is 2.65. The maximum absolute atomic E-state index is 6.12. The summed E-state index contributed by atoms with van der Waals surface area (Å²) in [6.45, 7) is 0. The molecule has 7 nitrogen and oxygen atoms in total. The molecule has 1 aliphatic heterocycles. The first-order valence-corrected chi connectivity index (χ1v) is 11.8. The number of aromatic amines is 3. The number of aromatic nitrogens is 5. The second kappa shape index (κ2) is 6.75. The van der Waals surface area contributed by atoms with Gasteiger partial charge in [-0.2, -0.15) is 5.10 Å². The Kier molecular flexibility index (Phi) is 3.90. The summed E-state index contributed by atoms with van der Waals surface area (Å²) in [7, 11) is -2.02. The number of nitrogens with one attached hydrogen (secondary N) is 3. The highest BCUT2D eigenvalue weighted by atomic mass is 32.3. The topological polar surface area (TPSA) is 98.6 Å². The Bertz CT molecular complexity index is 1280. The zero-order chi connectivity index (χ0) is 20.0. The zero-order valence-electron chi connectivity index (χ0n) is 15.6. The van der Waals surface area contributed by atoms with E-state index in [0.717, 1.165) is 32.1 Å². The Balaban J connectivity index is 1.78. The lowest BCUT2D eigenvalue weighted by Gasteiger charge is -2.36. The summed E-state index contributed by atoms with van der Waals surface area (Å²) >= 11 is 1.70. The molecule has 6 rings (SSSR count). The van der Waals surface area contributed by atoms with Gasteiger partial charge in [0.25, 0.3) is 0 Å². The molecule has 0 amide bonds. The number of hydrogen-bond acceptors (Lipinski definition) is 5. The van der Waals surface area contributed by atoms with E-state index in [9.17, 15) is 0 Å². The normalized spacial score (nSPS) is 21.0. The first-order chi connectivity index (χ1) is 14.9. The van der Waals surface area contributed by atoms with Crippen molar-refractivity contribution in [2.24, 2.45) is 4.99 Å². The molecule has 0 bridgehead atoms. The SMILES string of the molecule is c1c[nH]c(C2=C(c3ncc[nH]3)N=C(c3ccn[nH]3)S2(c2ccco2)c2cccs2)c1. The minimum atomic E-state index is -2.02. The van der Waals surface area contributed by atoms with E-state index in [1.54, 1.807) is 30.0 Å². The summed E-state index contributed by atoms with van der Waals surface area (Å²) in [4.78, 5) is 17.4. The average molecular weight is 433 g/mol. The van der Waals surface area contributed by atoms with Crippen LogP contribution in [0.15, 0.2) is 97.6 Å². The van der Waals surface area contributed by atoms with E-state index < -0.39 is 10.0 Å². The van der Waals surface area contributed by atoms with Crippen LogP contribution in [0.3, 0.4) is 0 Å². The van der Waals surface area contributed by atoms with Gasteiger partial charge in [0.15, 0.2) is 10.9 Å². The summed E-state index contributed by atoms with van der Waals surface area (Å²) in [6, 6.07) is 14.2. The molecule has 0 radical (unpaired) electrons. The quantitative estimate of drug-likeness (QED) is 0.350. The first kappa shape index (κ1) is 17.3. The lowest BCUT2D eigenvalue weighted by molar-refractivity contribution is 0.472. The van der Waals surface area contributed by atoms with E-state index in [1.807, 2.05) is 36.7 Å². The van der Waals surface area contributed by atoms with Crippen LogP contribution >= 0.6 is 21.4 Å². The number of hydrogen-bond donors (Lipinski definition) is 3. The molecule has 9 heteroatoms. The van der Waals surface area contributed by atoms with Gasteiger partial charge in [-0.25, -0.2) is 9.98 Å². The number of aliphatic imine (C=N–C) groups is 1. The fourth-order valence-corrected chi connectivity index (χ4v) is 9.18. The number of furan rings is 1. The molecule has 0 fully saturated rings. The molecule has 6 heterocycles. The van der Waals surface area contributed by atoms with Crippen molar-refractivity contribution < 1.29 is 4.42 Å². The first-order valence-electron chi connectivity index (χ1n) is 9.26. The largest absolute Gasteiger partial charge is 0.459 e. The molecule has 1 atom stereocenters. The number of nitrogens with zero attached hydrogens (tertiary/aromatic N) is 3. The Morgan fingerprint density at radius 1 is 0.933 bits per heavy atom. The molecule has 0 saturated carbocycles. The van der Waals surface area contributed by atoms with Gasteiger partial charge in [-0.1, -0.05) is 16.1 Å². The lowest BCUT2D eigenvalue weighted by atomic mass is 10.3. The number of thiophene rings is 1. The second-order valence-corrected chi connectivity index (χ2v) is 10.6. The van der Waals surface area contributed by atoms with Crippen LogP contribution in [0.5, 0.6) is 0 Å². The van der Waals surface area contributed by atoms with Crippen molar-refractivity contribution >= 4 is 37.0 Å². The van der Waals surface area contributed by atoms with Crippen LogP contribution in [0, 0.1) is 0 Å². The summed E-state index contributed by atoms with van der Waals surface area (Å²) < 4.78 is 7.29. The lowest BCUT2D eigenvalue weighted by Crippen LogP contribution is -2.13. The maximum Gasteiger partial charge on any atom is 0.157 e. The van der Waals surface area contributed by atoms with E-state index in [2.05, 4.69) is 48.7 Å². The van der Waals surface area contributed by atoms with Gasteiger partial charge in [0.05, 0.1) is 26.8 Å². The smallest absolute Gasteiger partial charge is 0.157 e. The van der Waals surface area contributed by atoms with Gasteiger partial charge in [0.2, 0.25) is 0 Å². The van der Waals surface area contributed by atoms with E-state index in [-0.39, 0.29) is 0 Å². The van der Waals surface area contributed by atoms with E-state index in [4.69, 9.17) is 9.41 Å². The van der Waals surface area contributed by atoms with Gasteiger partial charge in [0.1, 0.15) is 10.7 Å². The Hall–Kier alpha value is -3.56. The minimum absolute atomic E-state index is 0.717. The molecule has 3 N–H and O–H groups in total. The zero-order valence-corrected chi connectivity index (χ0v) is 17.2. The number of rotatable bonds is 5. The van der Waals surface area contributed by atoms with E-state index >= 15 is 0 Å². The highest BCUT2D eigenvalue weighted by molar-refractivity contribution is 8.53. The molecule has 0 spiro atoms. The van der Waals surface area contributed by atoms with Gasteiger partial charge in [0, 0.05) is 24.8 Å². The van der Waals surface area contributed by atoms with Gasteiger partial charge in [-0.3, -0.25) is 5.10 Å². The molecule has 1 aliphatic rings. The standard InChI is InChI=1S/C21H16N6OS2/c1-4-14(22-8-1)19-18(20-23-10-11-24-20)26-21(15-7-9-25-27-15)30(19,16-5-2-12-28-16)17-6-3-13-29-17/h1-13,22H,(H,23,24)(H,25,27). The number of imidazole rings is 1. The summed E-state index contributed by atoms with van der Waals surface area (Å²) in [5, 5.41) is 11.2. The van der Waals surface area contributed by atoms with Crippen molar-refractivity contribution in [2.45, 2.75) is 9.30 Å². The maximum atomic E-state index is 6.12.